The lowest BCUT2D eigenvalue weighted by atomic mass is 10.0. The van der Waals surface area contributed by atoms with E-state index in [0.717, 1.165) is 44.0 Å². The Bertz CT molecular complexity index is 1650. The lowest BCUT2D eigenvalue weighted by Crippen LogP contribution is -2.11. The van der Waals surface area contributed by atoms with Gasteiger partial charge < -0.3 is 10.6 Å². The van der Waals surface area contributed by atoms with Crippen LogP contribution < -0.4 is 10.6 Å². The molecule has 2 amide bonds. The summed E-state index contributed by atoms with van der Waals surface area (Å²) in [6.45, 7) is 0. The third kappa shape index (κ3) is 4.88. The van der Waals surface area contributed by atoms with E-state index in [1.165, 1.54) is 0 Å². The van der Waals surface area contributed by atoms with Gasteiger partial charge in [-0.2, -0.15) is 0 Å². The van der Waals surface area contributed by atoms with Crippen molar-refractivity contribution in [1.82, 2.24) is 0 Å². The summed E-state index contributed by atoms with van der Waals surface area (Å²) in [4.78, 5) is 25.5. The molecule has 38 heavy (non-hydrogen) atoms. The van der Waals surface area contributed by atoms with Crippen LogP contribution in [0.4, 0.5) is 11.4 Å². The van der Waals surface area contributed by atoms with Gasteiger partial charge >= 0.3 is 0 Å². The fraction of sp³-hybridized carbons (Fsp3) is 0. The van der Waals surface area contributed by atoms with Crippen molar-refractivity contribution in [2.45, 2.75) is 0 Å². The molecule has 0 aromatic heterocycles. The molecule has 4 nitrogen and oxygen atoms in total. The van der Waals surface area contributed by atoms with Crippen molar-refractivity contribution >= 4 is 44.7 Å². The molecule has 0 aliphatic heterocycles. The van der Waals surface area contributed by atoms with E-state index >= 15 is 0 Å². The Morgan fingerprint density at radius 2 is 0.763 bits per heavy atom. The summed E-state index contributed by atoms with van der Waals surface area (Å²) in [5.41, 5.74) is 4.72. The summed E-state index contributed by atoms with van der Waals surface area (Å²) in [5, 5.41) is 10.2. The van der Waals surface area contributed by atoms with Crippen molar-refractivity contribution in [2.75, 3.05) is 10.6 Å². The first-order valence-electron chi connectivity index (χ1n) is 12.4. The first-order chi connectivity index (χ1) is 18.6. The predicted molar refractivity (Wildman–Crippen MR) is 156 cm³/mol. The number of amides is 2. The molecule has 0 fully saturated rings. The maximum atomic E-state index is 12.8. The molecule has 6 rings (SSSR count). The van der Waals surface area contributed by atoms with Gasteiger partial charge in [0, 0.05) is 22.5 Å². The van der Waals surface area contributed by atoms with Crippen LogP contribution in [0.2, 0.25) is 0 Å². The molecular weight excluding hydrogens is 468 g/mol. The number of carbonyl (C=O) groups is 2. The van der Waals surface area contributed by atoms with Crippen LogP contribution in [0.25, 0.3) is 32.7 Å². The molecule has 0 aliphatic rings. The molecule has 0 heterocycles. The van der Waals surface area contributed by atoms with Gasteiger partial charge in [0.2, 0.25) is 0 Å². The summed E-state index contributed by atoms with van der Waals surface area (Å²) < 4.78 is 0. The number of anilines is 2. The zero-order valence-electron chi connectivity index (χ0n) is 20.5. The summed E-state index contributed by atoms with van der Waals surface area (Å²) in [7, 11) is 0. The van der Waals surface area contributed by atoms with Crippen LogP contribution in [-0.2, 0) is 0 Å². The van der Waals surface area contributed by atoms with Crippen molar-refractivity contribution < 1.29 is 9.59 Å². The number of fused-ring (bicyclic) bond motifs is 2. The normalized spacial score (nSPS) is 10.8. The van der Waals surface area contributed by atoms with Gasteiger partial charge in [0.05, 0.1) is 0 Å². The largest absolute Gasteiger partial charge is 0.322 e. The van der Waals surface area contributed by atoms with Gasteiger partial charge in [0.25, 0.3) is 11.8 Å². The number of hydrogen-bond acceptors (Lipinski definition) is 2. The van der Waals surface area contributed by atoms with E-state index in [0.29, 0.717) is 11.1 Å². The Morgan fingerprint density at radius 1 is 0.395 bits per heavy atom. The van der Waals surface area contributed by atoms with Crippen LogP contribution in [0.1, 0.15) is 20.7 Å². The first-order valence-corrected chi connectivity index (χ1v) is 12.4. The third-order valence-electron chi connectivity index (χ3n) is 6.64. The van der Waals surface area contributed by atoms with Gasteiger partial charge in [-0.05, 0) is 81.2 Å². The number of benzene rings is 6. The molecule has 0 aliphatic carbocycles. The highest BCUT2D eigenvalue weighted by atomic mass is 16.2. The molecule has 6 aromatic carbocycles. The first kappa shape index (κ1) is 23.2. The van der Waals surface area contributed by atoms with Crippen molar-refractivity contribution in [3.63, 3.8) is 0 Å². The molecule has 0 saturated carbocycles. The molecule has 182 valence electrons. The average Bonchev–Trinajstić information content (AvgIpc) is 2.97. The Morgan fingerprint density at radius 3 is 1.16 bits per heavy atom. The molecular formula is C34H24N2O2. The van der Waals surface area contributed by atoms with E-state index in [9.17, 15) is 9.59 Å². The highest BCUT2D eigenvalue weighted by molar-refractivity contribution is 6.07. The van der Waals surface area contributed by atoms with Crippen LogP contribution >= 0.6 is 0 Å². The van der Waals surface area contributed by atoms with E-state index in [4.69, 9.17) is 0 Å². The summed E-state index contributed by atoms with van der Waals surface area (Å²) in [6, 6.07) is 42.8. The standard InChI is InChI=1S/C34H24N2O2/c37-33(29-11-9-23-5-1-3-7-27(23)21-29)35-31-17-13-25(14-18-31)26-15-19-32(20-16-26)36-34(38)30-12-10-24-6-2-4-8-28(24)22-30/h1-22H,(H,35,37)(H,36,38). The van der Waals surface area contributed by atoms with Crippen LogP contribution in [-0.4, -0.2) is 11.8 Å². The van der Waals surface area contributed by atoms with Crippen LogP contribution in [0.15, 0.2) is 133 Å². The summed E-state index contributed by atoms with van der Waals surface area (Å²) in [5.74, 6) is -0.287. The SMILES string of the molecule is O=C(Nc1ccc(-c2ccc(NC(=O)c3ccc4ccccc4c3)cc2)cc1)c1ccc2ccccc2c1. The lowest BCUT2D eigenvalue weighted by Gasteiger charge is -2.09. The molecule has 0 spiro atoms. The molecule has 4 heteroatoms. The quantitative estimate of drug-likeness (QED) is 0.255. The Balaban J connectivity index is 1.11. The molecule has 0 atom stereocenters. The second kappa shape index (κ2) is 10.0. The van der Waals surface area contributed by atoms with Crippen molar-refractivity contribution in [1.29, 1.82) is 0 Å². The van der Waals surface area contributed by atoms with Crippen molar-refractivity contribution in [3.8, 4) is 11.1 Å². The monoisotopic (exact) mass is 492 g/mol. The van der Waals surface area contributed by atoms with Gasteiger partial charge in [-0.15, -0.1) is 0 Å². The number of nitrogens with one attached hydrogen (secondary N) is 2. The Labute approximate surface area is 220 Å². The highest BCUT2D eigenvalue weighted by Gasteiger charge is 2.09. The topological polar surface area (TPSA) is 58.2 Å². The van der Waals surface area contributed by atoms with Gasteiger partial charge in [0.15, 0.2) is 0 Å². The van der Waals surface area contributed by atoms with Gasteiger partial charge in [0.1, 0.15) is 0 Å². The van der Waals surface area contributed by atoms with Gasteiger partial charge in [-0.1, -0.05) is 84.9 Å². The van der Waals surface area contributed by atoms with E-state index in [2.05, 4.69) is 10.6 Å². The zero-order chi connectivity index (χ0) is 25.9. The van der Waals surface area contributed by atoms with E-state index in [1.807, 2.05) is 133 Å². The Kier molecular flexibility index (Phi) is 6.12. The average molecular weight is 493 g/mol. The number of rotatable bonds is 5. The fourth-order valence-corrected chi connectivity index (χ4v) is 4.56. The van der Waals surface area contributed by atoms with E-state index in [1.54, 1.807) is 0 Å². The summed E-state index contributed by atoms with van der Waals surface area (Å²) >= 11 is 0. The minimum Gasteiger partial charge on any atom is -0.322 e. The second-order valence-corrected chi connectivity index (χ2v) is 9.19. The molecule has 2 N–H and O–H groups in total. The molecule has 0 bridgehead atoms. The van der Waals surface area contributed by atoms with Gasteiger partial charge in [-0.3, -0.25) is 9.59 Å². The lowest BCUT2D eigenvalue weighted by molar-refractivity contribution is 0.101. The minimum atomic E-state index is -0.144. The molecule has 0 saturated heterocycles. The molecule has 6 aromatic rings. The maximum absolute atomic E-state index is 12.8. The maximum Gasteiger partial charge on any atom is 0.255 e. The van der Waals surface area contributed by atoms with Crippen molar-refractivity contribution in [2.24, 2.45) is 0 Å². The summed E-state index contributed by atoms with van der Waals surface area (Å²) in [6.07, 6.45) is 0. The second-order valence-electron chi connectivity index (χ2n) is 9.19. The van der Waals surface area contributed by atoms with E-state index < -0.39 is 0 Å². The van der Waals surface area contributed by atoms with Crippen LogP contribution in [0.5, 0.6) is 0 Å². The molecule has 0 radical (unpaired) electrons. The van der Waals surface area contributed by atoms with Crippen LogP contribution in [0, 0.1) is 0 Å². The smallest absolute Gasteiger partial charge is 0.255 e. The van der Waals surface area contributed by atoms with E-state index in [-0.39, 0.29) is 11.8 Å². The van der Waals surface area contributed by atoms with Gasteiger partial charge in [-0.25, -0.2) is 0 Å². The minimum absolute atomic E-state index is 0.144. The predicted octanol–water partition coefficient (Wildman–Crippen LogP) is 8.16. The zero-order valence-corrected chi connectivity index (χ0v) is 20.5. The Hall–Kier alpha value is -5.22. The molecule has 0 unspecified atom stereocenters. The van der Waals surface area contributed by atoms with Crippen molar-refractivity contribution in [3.05, 3.63) is 145 Å². The third-order valence-corrected chi connectivity index (χ3v) is 6.64. The highest BCUT2D eigenvalue weighted by Crippen LogP contribution is 2.25. The van der Waals surface area contributed by atoms with Crippen LogP contribution in [0.3, 0.4) is 0 Å². The fourth-order valence-electron chi connectivity index (χ4n) is 4.56. The number of hydrogen-bond donors (Lipinski definition) is 2. The number of carbonyl (C=O) groups excluding carboxylic acids is 2.